The van der Waals surface area contributed by atoms with Crippen LogP contribution in [0.5, 0.6) is 0 Å². The largest absolute Gasteiger partial charge is 0.334 e. The summed E-state index contributed by atoms with van der Waals surface area (Å²) >= 11 is 0. The van der Waals surface area contributed by atoms with Crippen LogP contribution in [-0.4, -0.2) is 23.4 Å². The van der Waals surface area contributed by atoms with Gasteiger partial charge < -0.3 is 10.6 Å². The Balaban J connectivity index is 2.43. The lowest BCUT2D eigenvalue weighted by Crippen LogP contribution is -2.43. The van der Waals surface area contributed by atoms with Crippen molar-refractivity contribution in [3.63, 3.8) is 0 Å². The van der Waals surface area contributed by atoms with Gasteiger partial charge in [-0.2, -0.15) is 0 Å². The van der Waals surface area contributed by atoms with Crippen LogP contribution in [0.1, 0.15) is 55.8 Å². The number of likely N-dealkylation sites (tertiary alicyclic amines) is 1. The highest BCUT2D eigenvalue weighted by Gasteiger charge is 2.33. The fourth-order valence-electron chi connectivity index (χ4n) is 3.39. The number of amides is 1. The van der Waals surface area contributed by atoms with E-state index in [1.807, 2.05) is 4.90 Å². The van der Waals surface area contributed by atoms with Gasteiger partial charge in [0, 0.05) is 19.0 Å². The molecule has 0 radical (unpaired) electrons. The highest BCUT2D eigenvalue weighted by Crippen LogP contribution is 2.31. The number of aryl methyl sites for hydroxylation is 2. The molecule has 1 amide bonds. The number of hydrogen-bond donors (Lipinski definition) is 1. The van der Waals surface area contributed by atoms with Gasteiger partial charge in [-0.05, 0) is 38.2 Å². The molecule has 1 aliphatic rings. The lowest BCUT2D eigenvalue weighted by atomic mass is 9.93. The maximum Gasteiger partial charge on any atom is 0.223 e. The maximum atomic E-state index is 12.5. The first-order chi connectivity index (χ1) is 9.88. The van der Waals surface area contributed by atoms with Crippen molar-refractivity contribution < 1.29 is 4.79 Å². The molecule has 0 bridgehead atoms. The van der Waals surface area contributed by atoms with Crippen LogP contribution in [0, 0.1) is 19.8 Å². The topological polar surface area (TPSA) is 46.3 Å². The Kier molecular flexibility index (Phi) is 5.04. The average Bonchev–Trinajstić information content (AvgIpc) is 2.48. The zero-order valence-electron chi connectivity index (χ0n) is 13.7. The molecule has 2 N–H and O–H groups in total. The number of nitrogens with two attached hydrogens (primary N) is 1. The lowest BCUT2D eigenvalue weighted by Gasteiger charge is -2.35. The van der Waals surface area contributed by atoms with E-state index in [0.717, 1.165) is 19.4 Å². The first kappa shape index (κ1) is 16.0. The molecule has 1 saturated heterocycles. The van der Waals surface area contributed by atoms with Gasteiger partial charge in [0.15, 0.2) is 0 Å². The molecule has 1 aliphatic heterocycles. The van der Waals surface area contributed by atoms with Crippen molar-refractivity contribution in [2.24, 2.45) is 11.7 Å². The molecule has 21 heavy (non-hydrogen) atoms. The number of nitrogens with zero attached hydrogens (tertiary/aromatic N) is 1. The molecule has 1 aromatic rings. The number of hydrogen-bond acceptors (Lipinski definition) is 2. The molecular formula is C18H28N2O. The first-order valence-electron chi connectivity index (χ1n) is 8.01. The summed E-state index contributed by atoms with van der Waals surface area (Å²) < 4.78 is 0. The Labute approximate surface area is 128 Å². The highest BCUT2D eigenvalue weighted by atomic mass is 16.2. The Morgan fingerprint density at radius 3 is 2.43 bits per heavy atom. The molecule has 2 rings (SSSR count). The summed E-state index contributed by atoms with van der Waals surface area (Å²) in [5.41, 5.74) is 10.1. The minimum Gasteiger partial charge on any atom is -0.334 e. The molecule has 1 fully saturated rings. The van der Waals surface area contributed by atoms with Crippen molar-refractivity contribution in [1.82, 2.24) is 4.90 Å². The van der Waals surface area contributed by atoms with Crippen molar-refractivity contribution in [1.29, 1.82) is 0 Å². The van der Waals surface area contributed by atoms with Gasteiger partial charge in [-0.15, -0.1) is 0 Å². The van der Waals surface area contributed by atoms with Crippen molar-refractivity contribution in [2.75, 3.05) is 6.54 Å². The van der Waals surface area contributed by atoms with E-state index in [4.69, 9.17) is 5.73 Å². The molecule has 0 saturated carbocycles. The molecular weight excluding hydrogens is 260 g/mol. The van der Waals surface area contributed by atoms with Crippen LogP contribution in [0.15, 0.2) is 18.2 Å². The molecule has 0 spiro atoms. The zero-order chi connectivity index (χ0) is 15.6. The summed E-state index contributed by atoms with van der Waals surface area (Å²) in [7, 11) is 0. The van der Waals surface area contributed by atoms with Crippen LogP contribution in [0.4, 0.5) is 0 Å². The van der Waals surface area contributed by atoms with Crippen molar-refractivity contribution in [3.05, 3.63) is 34.9 Å². The second kappa shape index (κ2) is 6.61. The number of rotatable bonds is 3. The number of benzene rings is 1. The number of carbonyl (C=O) groups is 1. The van der Waals surface area contributed by atoms with Gasteiger partial charge in [-0.1, -0.05) is 43.2 Å². The van der Waals surface area contributed by atoms with E-state index in [9.17, 15) is 4.79 Å². The summed E-state index contributed by atoms with van der Waals surface area (Å²) in [5.74, 6) is 0.702. The molecule has 3 nitrogen and oxygen atoms in total. The quantitative estimate of drug-likeness (QED) is 0.927. The van der Waals surface area contributed by atoms with Crippen molar-refractivity contribution in [3.8, 4) is 0 Å². The molecule has 1 heterocycles. The van der Waals surface area contributed by atoms with E-state index in [1.54, 1.807) is 0 Å². The van der Waals surface area contributed by atoms with Crippen molar-refractivity contribution >= 4 is 5.91 Å². The normalized spacial score (nSPS) is 23.5. The van der Waals surface area contributed by atoms with Crippen LogP contribution in [0.2, 0.25) is 0 Å². The predicted octanol–water partition coefficient (Wildman–Crippen LogP) is 3.34. The molecule has 2 unspecified atom stereocenters. The molecule has 2 atom stereocenters. The predicted molar refractivity (Wildman–Crippen MR) is 87.0 cm³/mol. The zero-order valence-corrected chi connectivity index (χ0v) is 13.7. The molecule has 0 aromatic heterocycles. The van der Waals surface area contributed by atoms with Crippen LogP contribution in [0.3, 0.4) is 0 Å². The molecule has 116 valence electrons. The molecule has 0 aliphatic carbocycles. The highest BCUT2D eigenvalue weighted by molar-refractivity contribution is 5.77. The van der Waals surface area contributed by atoms with E-state index in [1.165, 1.54) is 16.7 Å². The SMILES string of the molecule is Cc1cc(C)cc(C2C(N)CCCC(=O)N2CC(C)C)c1. The van der Waals surface area contributed by atoms with Crippen LogP contribution in [-0.2, 0) is 4.79 Å². The summed E-state index contributed by atoms with van der Waals surface area (Å²) in [4.78, 5) is 14.5. The minimum absolute atomic E-state index is 0.0148. The number of carbonyl (C=O) groups excluding carboxylic acids is 1. The van der Waals surface area contributed by atoms with E-state index in [-0.39, 0.29) is 18.0 Å². The third-order valence-electron chi connectivity index (χ3n) is 4.14. The van der Waals surface area contributed by atoms with Gasteiger partial charge in [0.2, 0.25) is 5.91 Å². The second-order valence-corrected chi connectivity index (χ2v) is 6.86. The fraction of sp³-hybridized carbons (Fsp3) is 0.611. The van der Waals surface area contributed by atoms with E-state index >= 15 is 0 Å². The van der Waals surface area contributed by atoms with Gasteiger partial charge in [0.25, 0.3) is 0 Å². The van der Waals surface area contributed by atoms with Gasteiger partial charge in [-0.25, -0.2) is 0 Å². The monoisotopic (exact) mass is 288 g/mol. The average molecular weight is 288 g/mol. The van der Waals surface area contributed by atoms with Crippen LogP contribution in [0.25, 0.3) is 0 Å². The van der Waals surface area contributed by atoms with E-state index in [0.29, 0.717) is 12.3 Å². The van der Waals surface area contributed by atoms with Crippen molar-refractivity contribution in [2.45, 2.75) is 59.0 Å². The maximum absolute atomic E-state index is 12.5. The second-order valence-electron chi connectivity index (χ2n) is 6.86. The smallest absolute Gasteiger partial charge is 0.223 e. The van der Waals surface area contributed by atoms with E-state index < -0.39 is 0 Å². The standard InChI is InChI=1S/C18H28N2O/c1-12(2)11-20-17(21)7-5-6-16(19)18(20)15-9-13(3)8-14(4)10-15/h8-10,12,16,18H,5-7,11,19H2,1-4H3. The Morgan fingerprint density at radius 1 is 1.24 bits per heavy atom. The van der Waals surface area contributed by atoms with E-state index in [2.05, 4.69) is 45.9 Å². The van der Waals surface area contributed by atoms with Gasteiger partial charge in [0.1, 0.15) is 0 Å². The molecule has 1 aromatic carbocycles. The Morgan fingerprint density at radius 2 is 1.86 bits per heavy atom. The summed E-state index contributed by atoms with van der Waals surface area (Å²) in [6.07, 6.45) is 2.44. The summed E-state index contributed by atoms with van der Waals surface area (Å²) in [5, 5.41) is 0. The summed E-state index contributed by atoms with van der Waals surface area (Å²) in [6.45, 7) is 9.30. The van der Waals surface area contributed by atoms with Crippen LogP contribution >= 0.6 is 0 Å². The van der Waals surface area contributed by atoms with Gasteiger partial charge >= 0.3 is 0 Å². The third kappa shape index (κ3) is 3.85. The lowest BCUT2D eigenvalue weighted by molar-refractivity contribution is -0.133. The van der Waals surface area contributed by atoms with Gasteiger partial charge in [-0.3, -0.25) is 4.79 Å². The first-order valence-corrected chi connectivity index (χ1v) is 8.01. The third-order valence-corrected chi connectivity index (χ3v) is 4.14. The minimum atomic E-state index is 0.0148. The fourth-order valence-corrected chi connectivity index (χ4v) is 3.39. The van der Waals surface area contributed by atoms with Gasteiger partial charge in [0.05, 0.1) is 6.04 Å². The molecule has 3 heteroatoms. The Hall–Kier alpha value is -1.35. The summed E-state index contributed by atoms with van der Waals surface area (Å²) in [6, 6.07) is 6.57. The van der Waals surface area contributed by atoms with Crippen LogP contribution < -0.4 is 5.73 Å². The Bertz CT molecular complexity index is 490.